The summed E-state index contributed by atoms with van der Waals surface area (Å²) in [6.45, 7) is 2.28. The summed E-state index contributed by atoms with van der Waals surface area (Å²) in [5.41, 5.74) is 2.07. The van der Waals surface area contributed by atoms with E-state index in [1.165, 1.54) is 37.7 Å². The van der Waals surface area contributed by atoms with Gasteiger partial charge in [-0.3, -0.25) is 0 Å². The normalized spacial score (nSPS) is 30.7. The lowest BCUT2D eigenvalue weighted by atomic mass is 9.69. The predicted octanol–water partition coefficient (Wildman–Crippen LogP) is 4.81. The smallest absolute Gasteiger partial charge is 0.129 e. The van der Waals surface area contributed by atoms with E-state index in [9.17, 15) is 0 Å². The molecule has 0 aliphatic heterocycles. The Labute approximate surface area is 144 Å². The van der Waals surface area contributed by atoms with Crippen LogP contribution in [0, 0.1) is 5.92 Å². The molecule has 0 saturated heterocycles. The molecule has 0 aromatic carbocycles. The summed E-state index contributed by atoms with van der Waals surface area (Å²) < 4.78 is 6.17. The summed E-state index contributed by atoms with van der Waals surface area (Å²) in [5, 5.41) is 4.18. The maximum atomic E-state index is 6.17. The Kier molecular flexibility index (Phi) is 5.27. The molecule has 1 aromatic heterocycles. The van der Waals surface area contributed by atoms with E-state index in [4.69, 9.17) is 16.3 Å². The van der Waals surface area contributed by atoms with Crippen molar-refractivity contribution in [1.29, 1.82) is 0 Å². The van der Waals surface area contributed by atoms with E-state index in [0.717, 1.165) is 18.4 Å². The lowest BCUT2D eigenvalue weighted by Crippen LogP contribution is -2.41. The fraction of sp³-hybridized carbons (Fsp3) is 0.632. The van der Waals surface area contributed by atoms with Gasteiger partial charge in [0.2, 0.25) is 0 Å². The van der Waals surface area contributed by atoms with Gasteiger partial charge < -0.3 is 10.1 Å². The van der Waals surface area contributed by atoms with E-state index in [-0.39, 0.29) is 0 Å². The van der Waals surface area contributed by atoms with E-state index >= 15 is 0 Å². The Bertz CT molecular complexity index is 568. The standard InChI is InChI=1S/C19H27ClN2O/c1-14-6-5-7-16(13-22-17-8-3-4-9-17)19(14,23-2)15-10-11-21-18(20)12-15/h10-14,17,22H,3-9H2,1-2H3/b16-13+. The highest BCUT2D eigenvalue weighted by atomic mass is 35.5. The molecule has 23 heavy (non-hydrogen) atoms. The number of nitrogens with zero attached hydrogens (tertiary/aromatic N) is 1. The second kappa shape index (κ2) is 7.23. The third kappa shape index (κ3) is 3.27. The molecule has 2 fully saturated rings. The van der Waals surface area contributed by atoms with Crippen molar-refractivity contribution in [2.24, 2.45) is 5.92 Å². The first-order chi connectivity index (χ1) is 11.2. The van der Waals surface area contributed by atoms with Crippen molar-refractivity contribution in [2.75, 3.05) is 7.11 Å². The minimum Gasteiger partial charge on any atom is -0.388 e. The summed E-state index contributed by atoms with van der Waals surface area (Å²) in [6.07, 6.45) is 12.7. The minimum atomic E-state index is -0.392. The van der Waals surface area contributed by atoms with Crippen LogP contribution in [0.15, 0.2) is 30.1 Å². The van der Waals surface area contributed by atoms with Crippen molar-refractivity contribution in [3.05, 3.63) is 40.8 Å². The Morgan fingerprint density at radius 2 is 2.09 bits per heavy atom. The number of hydrogen-bond donors (Lipinski definition) is 1. The van der Waals surface area contributed by atoms with Crippen molar-refractivity contribution in [3.8, 4) is 0 Å². The van der Waals surface area contributed by atoms with Gasteiger partial charge in [0.25, 0.3) is 0 Å². The van der Waals surface area contributed by atoms with E-state index in [0.29, 0.717) is 17.1 Å². The fourth-order valence-electron chi connectivity index (χ4n) is 4.35. The van der Waals surface area contributed by atoms with Gasteiger partial charge in [0.05, 0.1) is 0 Å². The molecule has 0 bridgehead atoms. The Morgan fingerprint density at radius 3 is 2.78 bits per heavy atom. The molecule has 2 saturated carbocycles. The number of halogens is 1. The molecule has 0 spiro atoms. The number of ether oxygens (including phenoxy) is 1. The van der Waals surface area contributed by atoms with Crippen molar-refractivity contribution < 1.29 is 4.74 Å². The third-order valence-electron chi connectivity index (χ3n) is 5.58. The summed E-state index contributed by atoms with van der Waals surface area (Å²) in [6, 6.07) is 4.62. The Hall–Kier alpha value is -1.06. The van der Waals surface area contributed by atoms with Crippen molar-refractivity contribution in [1.82, 2.24) is 10.3 Å². The molecule has 2 aliphatic carbocycles. The van der Waals surface area contributed by atoms with Crippen LogP contribution in [0.5, 0.6) is 0 Å². The van der Waals surface area contributed by atoms with Crippen LogP contribution >= 0.6 is 11.6 Å². The Balaban J connectivity index is 1.95. The molecule has 1 aromatic rings. The van der Waals surface area contributed by atoms with Gasteiger partial charge in [0.1, 0.15) is 10.8 Å². The van der Waals surface area contributed by atoms with E-state index in [1.54, 1.807) is 6.20 Å². The number of methoxy groups -OCH3 is 1. The average molecular weight is 335 g/mol. The van der Waals surface area contributed by atoms with Crippen molar-refractivity contribution in [2.45, 2.75) is 63.5 Å². The van der Waals surface area contributed by atoms with Crippen LogP contribution in [0.4, 0.5) is 0 Å². The van der Waals surface area contributed by atoms with Gasteiger partial charge in [0, 0.05) is 19.3 Å². The third-order valence-corrected chi connectivity index (χ3v) is 5.79. The van der Waals surface area contributed by atoms with Gasteiger partial charge in [-0.05, 0) is 67.5 Å². The maximum Gasteiger partial charge on any atom is 0.129 e. The molecular weight excluding hydrogens is 308 g/mol. The SMILES string of the molecule is COC1(c2ccnc(Cl)c2)/C(=C/NC2CCCC2)CCCC1C. The van der Waals surface area contributed by atoms with Gasteiger partial charge >= 0.3 is 0 Å². The second-order valence-corrected chi connectivity index (χ2v) is 7.31. The molecule has 1 heterocycles. The van der Waals surface area contributed by atoms with Gasteiger partial charge in [-0.15, -0.1) is 0 Å². The fourth-order valence-corrected chi connectivity index (χ4v) is 4.52. The van der Waals surface area contributed by atoms with Crippen LogP contribution in [-0.4, -0.2) is 18.1 Å². The lowest BCUT2D eigenvalue weighted by molar-refractivity contribution is -0.0434. The highest BCUT2D eigenvalue weighted by Gasteiger charge is 2.44. The first-order valence-corrected chi connectivity index (χ1v) is 9.17. The zero-order valence-electron chi connectivity index (χ0n) is 14.1. The zero-order chi connectivity index (χ0) is 16.3. The quantitative estimate of drug-likeness (QED) is 0.802. The molecule has 126 valence electrons. The number of aromatic nitrogens is 1. The van der Waals surface area contributed by atoms with Crippen molar-refractivity contribution >= 4 is 11.6 Å². The van der Waals surface area contributed by atoms with Crippen LogP contribution in [0.1, 0.15) is 57.4 Å². The van der Waals surface area contributed by atoms with Gasteiger partial charge in [0.15, 0.2) is 0 Å². The number of hydrogen-bond acceptors (Lipinski definition) is 3. The molecule has 0 amide bonds. The summed E-state index contributed by atoms with van der Waals surface area (Å²) in [4.78, 5) is 4.13. The highest BCUT2D eigenvalue weighted by molar-refractivity contribution is 6.29. The molecule has 2 atom stereocenters. The number of nitrogens with one attached hydrogen (secondary N) is 1. The highest BCUT2D eigenvalue weighted by Crippen LogP contribution is 2.48. The molecular formula is C19H27ClN2O. The van der Waals surface area contributed by atoms with E-state index in [1.807, 2.05) is 19.2 Å². The molecule has 1 N–H and O–H groups in total. The van der Waals surface area contributed by atoms with Crippen molar-refractivity contribution in [3.63, 3.8) is 0 Å². The summed E-state index contributed by atoms with van der Waals surface area (Å²) in [7, 11) is 1.82. The van der Waals surface area contributed by atoms with Gasteiger partial charge in [-0.1, -0.05) is 31.4 Å². The number of pyridine rings is 1. The zero-order valence-corrected chi connectivity index (χ0v) is 14.9. The molecule has 0 radical (unpaired) electrons. The molecule has 3 rings (SSSR count). The van der Waals surface area contributed by atoms with Crippen LogP contribution in [0.3, 0.4) is 0 Å². The van der Waals surface area contributed by atoms with Gasteiger partial charge in [-0.2, -0.15) is 0 Å². The average Bonchev–Trinajstić information content (AvgIpc) is 3.06. The summed E-state index contributed by atoms with van der Waals surface area (Å²) >= 11 is 6.16. The van der Waals surface area contributed by atoms with E-state index < -0.39 is 5.60 Å². The second-order valence-electron chi connectivity index (χ2n) is 6.92. The molecule has 3 nitrogen and oxygen atoms in total. The maximum absolute atomic E-state index is 6.17. The topological polar surface area (TPSA) is 34.1 Å². The van der Waals surface area contributed by atoms with Crippen LogP contribution in [0.25, 0.3) is 0 Å². The first kappa shape index (κ1) is 16.8. The largest absolute Gasteiger partial charge is 0.388 e. The monoisotopic (exact) mass is 334 g/mol. The lowest BCUT2D eigenvalue weighted by Gasteiger charge is -2.44. The minimum absolute atomic E-state index is 0.392. The first-order valence-electron chi connectivity index (χ1n) is 8.79. The molecule has 4 heteroatoms. The molecule has 2 unspecified atom stereocenters. The van der Waals surface area contributed by atoms with Crippen LogP contribution in [0.2, 0.25) is 5.15 Å². The number of rotatable bonds is 4. The van der Waals surface area contributed by atoms with Crippen LogP contribution in [-0.2, 0) is 10.3 Å². The van der Waals surface area contributed by atoms with Gasteiger partial charge in [-0.25, -0.2) is 4.98 Å². The van der Waals surface area contributed by atoms with E-state index in [2.05, 4.69) is 23.4 Å². The van der Waals surface area contributed by atoms with Crippen LogP contribution < -0.4 is 5.32 Å². The Morgan fingerprint density at radius 1 is 1.30 bits per heavy atom. The molecule has 2 aliphatic rings. The predicted molar refractivity (Wildman–Crippen MR) is 94.4 cm³/mol. The summed E-state index contributed by atoms with van der Waals surface area (Å²) in [5.74, 6) is 0.413.